The number of carbonyl (C=O) groups excluding carboxylic acids is 6. The van der Waals surface area contributed by atoms with Gasteiger partial charge in [-0.25, -0.2) is 23.8 Å². The topological polar surface area (TPSA) is 371 Å². The van der Waals surface area contributed by atoms with Gasteiger partial charge in [-0.15, -0.1) is 5.92 Å². The van der Waals surface area contributed by atoms with Crippen LogP contribution in [0, 0.1) is 24.6 Å². The second kappa shape index (κ2) is 25.6. The van der Waals surface area contributed by atoms with Crippen molar-refractivity contribution in [3.63, 3.8) is 0 Å². The van der Waals surface area contributed by atoms with Crippen LogP contribution in [0.4, 0.5) is 9.18 Å². The summed E-state index contributed by atoms with van der Waals surface area (Å²) in [4.78, 5) is 108. The second-order valence-corrected chi connectivity index (χ2v) is 20.5. The lowest BCUT2D eigenvalue weighted by atomic mass is 9.81. The van der Waals surface area contributed by atoms with E-state index >= 15 is 4.39 Å². The molecule has 1 saturated heterocycles. The molecule has 2 aromatic heterocycles. The highest BCUT2D eigenvalue weighted by Crippen LogP contribution is 2.46. The summed E-state index contributed by atoms with van der Waals surface area (Å²) in [6, 6.07) is 5.98. The molecule has 4 aromatic rings. The zero-order valence-corrected chi connectivity index (χ0v) is 45.2. The van der Waals surface area contributed by atoms with E-state index in [4.69, 9.17) is 33.4 Å². The fourth-order valence-electron chi connectivity index (χ4n) is 10.7. The van der Waals surface area contributed by atoms with E-state index in [9.17, 15) is 63.9 Å². The number of carboxylic acids is 1. The molecule has 10 N–H and O–H groups in total. The number of nitrogens with zero attached hydrogens (tertiary/aromatic N) is 2. The number of carbonyl (C=O) groups is 7. The third kappa shape index (κ3) is 12.8. The lowest BCUT2D eigenvalue weighted by molar-refractivity contribution is -0.271. The van der Waals surface area contributed by atoms with Gasteiger partial charge in [0.25, 0.3) is 11.5 Å². The lowest BCUT2D eigenvalue weighted by Crippen LogP contribution is -2.61. The van der Waals surface area contributed by atoms with Crippen LogP contribution >= 0.6 is 0 Å². The number of aliphatic hydroxyl groups excluding tert-OH is 3. The molecule has 3 aliphatic heterocycles. The van der Waals surface area contributed by atoms with Crippen molar-refractivity contribution in [1.29, 1.82) is 0 Å². The minimum atomic E-state index is -2.07. The van der Waals surface area contributed by atoms with Crippen LogP contribution in [-0.2, 0) is 79.4 Å². The van der Waals surface area contributed by atoms with Crippen LogP contribution in [0.1, 0.15) is 107 Å². The van der Waals surface area contributed by atoms with Crippen molar-refractivity contribution in [1.82, 2.24) is 36.1 Å². The summed E-state index contributed by atoms with van der Waals surface area (Å²) in [5.74, 6) is 0.148. The average molecular weight is 1160 g/mol. The molecule has 0 spiro atoms. The Morgan fingerprint density at radius 2 is 1.70 bits per heavy atom. The largest absolute Gasteiger partial charge is 0.479 e. The first kappa shape index (κ1) is 59.5. The zero-order valence-electron chi connectivity index (χ0n) is 45.2. The Balaban J connectivity index is 0.773. The molecular formula is C56H62FN7O19. The summed E-state index contributed by atoms with van der Waals surface area (Å²) in [5.41, 5.74) is 0.901. The number of carboxylic acid groups (broad SMARTS) is 1. The highest BCUT2D eigenvalue weighted by molar-refractivity contribution is 5.97. The van der Waals surface area contributed by atoms with Gasteiger partial charge < -0.3 is 85.1 Å². The van der Waals surface area contributed by atoms with Crippen molar-refractivity contribution in [2.45, 2.75) is 133 Å². The Labute approximate surface area is 472 Å². The molecule has 1 fully saturated rings. The molecule has 0 bridgehead atoms. The van der Waals surface area contributed by atoms with Gasteiger partial charge in [0.05, 0.1) is 40.6 Å². The predicted molar refractivity (Wildman–Crippen MR) is 283 cm³/mol. The predicted octanol–water partition coefficient (Wildman–Crippen LogP) is 0.117. The van der Waals surface area contributed by atoms with E-state index in [1.807, 2.05) is 0 Å². The molecular weight excluding hydrogens is 1090 g/mol. The van der Waals surface area contributed by atoms with E-state index in [1.54, 1.807) is 19.9 Å². The average Bonchev–Trinajstić information content (AvgIpc) is 1.97. The van der Waals surface area contributed by atoms with Gasteiger partial charge in [0.2, 0.25) is 24.0 Å². The summed E-state index contributed by atoms with van der Waals surface area (Å²) in [5, 5.41) is 65.5. The molecule has 5 aliphatic rings. The maximum atomic E-state index is 15.4. The molecule has 83 heavy (non-hydrogen) atoms. The zero-order chi connectivity index (χ0) is 59.3. The maximum Gasteiger partial charge on any atom is 0.407 e. The van der Waals surface area contributed by atoms with E-state index in [0.29, 0.717) is 58.3 Å². The number of aryl methyl sites for hydroxylation is 1. The van der Waals surface area contributed by atoms with E-state index in [2.05, 4.69) is 38.4 Å². The molecule has 27 heteroatoms. The molecule has 8 atom stereocenters. The fraction of sp³-hybridized carbons (Fsp3) is 0.482. The number of fused-ring (bicyclic) bond motifs is 5. The third-order valence-corrected chi connectivity index (χ3v) is 15.1. The Morgan fingerprint density at radius 3 is 2.48 bits per heavy atom. The van der Waals surface area contributed by atoms with Gasteiger partial charge in [0.1, 0.15) is 75.7 Å². The number of aliphatic hydroxyl groups is 4. The van der Waals surface area contributed by atoms with Gasteiger partial charge in [0.15, 0.2) is 11.7 Å². The standard InChI is InChI=1S/C56H62FN7O19/c1-3-56(77)34-18-38-45-32(21-64(38)51(72)33(34)23-80-54(56)75)44-36(13-12-30-27(2)35(57)19-37(63-45)43(30)44)62-42(67)24-78-26-61-40(65)20-60-55(76)81-22-28-11-14-39(82-53-48(70)46(68)47(69)49(83-53)52(73)74)31(17-28)50(71)59-16-15-58-41(66)25-79-29-9-7-5-4-6-8-10-29/h11,14,17-19,29,36,46-49,53,68-70,77H,3-7,9,12-13,15-16,20-26H2,1-2H3,(H,58,66)(H,59,71)(H,60,76)(H,61,65)(H,62,67)(H,73,74)/t29?,36-,46-,47-,48+,49-,53-,56-/m0/s1. The molecule has 26 nitrogen and oxygen atoms in total. The molecule has 1 unspecified atom stereocenters. The smallest absolute Gasteiger partial charge is 0.407 e. The van der Waals surface area contributed by atoms with Crippen LogP contribution in [0.3, 0.4) is 0 Å². The molecule has 2 aromatic carbocycles. The molecule has 5 amide bonds. The number of hydrogen-bond acceptors (Lipinski definition) is 19. The Bertz CT molecular complexity index is 3380. The number of esters is 1. The number of rotatable bonds is 20. The number of pyridine rings is 2. The first-order valence-electron chi connectivity index (χ1n) is 27.0. The van der Waals surface area contributed by atoms with Crippen LogP contribution in [0.2, 0.25) is 0 Å². The van der Waals surface area contributed by atoms with Gasteiger partial charge >= 0.3 is 18.0 Å². The van der Waals surface area contributed by atoms with E-state index in [-0.39, 0.29) is 78.9 Å². The minimum absolute atomic E-state index is 0.0314. The van der Waals surface area contributed by atoms with Gasteiger partial charge in [-0.05, 0) is 85.9 Å². The fourth-order valence-corrected chi connectivity index (χ4v) is 10.7. The minimum Gasteiger partial charge on any atom is -0.479 e. The van der Waals surface area contributed by atoms with Gasteiger partial charge in [-0.2, -0.15) is 0 Å². The summed E-state index contributed by atoms with van der Waals surface area (Å²) >= 11 is 0. The van der Waals surface area contributed by atoms with Crippen molar-refractivity contribution < 1.29 is 91.9 Å². The number of benzene rings is 2. The molecule has 442 valence electrons. The number of halogens is 1. The van der Waals surface area contributed by atoms with E-state index < -0.39 is 122 Å². The number of aromatic nitrogens is 2. The first-order chi connectivity index (χ1) is 39.8. The summed E-state index contributed by atoms with van der Waals surface area (Å²) in [7, 11) is 0. The van der Waals surface area contributed by atoms with Crippen molar-refractivity contribution in [2.75, 3.05) is 39.6 Å². The highest BCUT2D eigenvalue weighted by Gasteiger charge is 2.49. The van der Waals surface area contributed by atoms with Crippen molar-refractivity contribution in [3.8, 4) is 29.0 Å². The van der Waals surface area contributed by atoms with Gasteiger partial charge in [-0.1, -0.05) is 25.3 Å². The summed E-state index contributed by atoms with van der Waals surface area (Å²) in [6.45, 7) is 0.477. The van der Waals surface area contributed by atoms with Crippen molar-refractivity contribution in [3.05, 3.63) is 91.0 Å². The number of aliphatic carboxylic acids is 1. The van der Waals surface area contributed by atoms with E-state index in [0.717, 1.165) is 25.7 Å². The third-order valence-electron chi connectivity index (χ3n) is 15.1. The number of nitrogens with one attached hydrogen (secondary N) is 5. The first-order valence-corrected chi connectivity index (χ1v) is 27.0. The summed E-state index contributed by atoms with van der Waals surface area (Å²) in [6.07, 6.45) is -6.28. The van der Waals surface area contributed by atoms with E-state index in [1.165, 1.54) is 28.8 Å². The molecule has 5 heterocycles. The molecule has 2 aliphatic carbocycles. The maximum absolute atomic E-state index is 15.4. The van der Waals surface area contributed by atoms with Crippen molar-refractivity contribution >= 4 is 52.6 Å². The van der Waals surface area contributed by atoms with Crippen LogP contribution in [0.5, 0.6) is 5.75 Å². The molecule has 9 rings (SSSR count). The second-order valence-electron chi connectivity index (χ2n) is 20.5. The van der Waals surface area contributed by atoms with Crippen molar-refractivity contribution in [2.24, 2.45) is 0 Å². The molecule has 0 radical (unpaired) electrons. The lowest BCUT2D eigenvalue weighted by Gasteiger charge is -2.38. The van der Waals surface area contributed by atoms with Crippen LogP contribution in [0.25, 0.3) is 22.3 Å². The number of cyclic esters (lactones) is 1. The highest BCUT2D eigenvalue weighted by atomic mass is 19.1. The monoisotopic (exact) mass is 1160 g/mol. The van der Waals surface area contributed by atoms with Crippen LogP contribution < -0.4 is 36.9 Å². The molecule has 0 saturated carbocycles. The van der Waals surface area contributed by atoms with Gasteiger partial charge in [0, 0.05) is 42.1 Å². The Hall–Kier alpha value is -8.10. The van der Waals surface area contributed by atoms with Gasteiger partial charge in [-0.3, -0.25) is 24.0 Å². The number of amides is 5. The van der Waals surface area contributed by atoms with Crippen LogP contribution in [0.15, 0.2) is 35.1 Å². The summed E-state index contributed by atoms with van der Waals surface area (Å²) < 4.78 is 49.3. The number of hydrogen-bond donors (Lipinski definition) is 10. The Kier molecular flexibility index (Phi) is 18.3. The quantitative estimate of drug-likeness (QED) is 0.0214. The normalized spacial score (nSPS) is 23.1. The Morgan fingerprint density at radius 1 is 0.904 bits per heavy atom. The van der Waals surface area contributed by atoms with Crippen LogP contribution in [-0.4, -0.2) is 153 Å². The number of ether oxygens (including phenoxy) is 6. The number of alkyl carbamates (subject to hydrolysis) is 1. The SMILES string of the molecule is CC[C@@]1(O)C(=O)OCc2c1cc1n(c2=O)Cc2c-1nc1cc(F)c(C)c3c1c2[C@@H](NC(=O)COCNC(=O)CNC(=O)OCc1ccc(O[C@H]2O[C@H](C(=O)O)[C@@H](O)[C@H](O)[C@H]2O)c(C(=O)NCCNC(=O)COC2C#CCCCCC2)c1)CC3.